The molecule has 0 aliphatic rings. The van der Waals surface area contributed by atoms with Crippen LogP contribution in [0.15, 0.2) is 23.1 Å². The molecule has 0 heterocycles. The van der Waals surface area contributed by atoms with Crippen molar-refractivity contribution in [3.8, 4) is 0 Å². The summed E-state index contributed by atoms with van der Waals surface area (Å²) in [6, 6.07) is 5.44. The van der Waals surface area contributed by atoms with E-state index in [1.54, 1.807) is 35.7 Å². The Morgan fingerprint density at radius 1 is 1.25 bits per heavy atom. The first-order valence-corrected chi connectivity index (χ1v) is 10.9. The first-order chi connectivity index (χ1) is 11.6. The van der Waals surface area contributed by atoms with Crippen LogP contribution in [0.3, 0.4) is 0 Å². The number of carbonyl (C=O) groups excluding carboxylic acids is 2. The Morgan fingerprint density at radius 3 is 2.71 bits per heavy atom. The van der Waals surface area contributed by atoms with Gasteiger partial charge in [-0.3, -0.25) is 9.59 Å². The molecule has 7 heteroatoms. The number of hydrogen-bond donors (Lipinski definition) is 2. The topological polar surface area (TPSA) is 58.2 Å². The van der Waals surface area contributed by atoms with E-state index >= 15 is 0 Å². The summed E-state index contributed by atoms with van der Waals surface area (Å²) in [5, 5.41) is 5.81. The second kappa shape index (κ2) is 12.5. The summed E-state index contributed by atoms with van der Waals surface area (Å²) in [6.45, 7) is 2.71. The third kappa shape index (κ3) is 7.81. The molecule has 1 aromatic carbocycles. The summed E-state index contributed by atoms with van der Waals surface area (Å²) in [7, 11) is 0. The first kappa shape index (κ1) is 21.2. The lowest BCUT2D eigenvalue weighted by Crippen LogP contribution is -2.25. The molecule has 4 nitrogen and oxygen atoms in total. The van der Waals surface area contributed by atoms with Gasteiger partial charge in [-0.25, -0.2) is 0 Å². The zero-order valence-corrected chi connectivity index (χ0v) is 16.6. The van der Waals surface area contributed by atoms with Crippen LogP contribution < -0.4 is 10.6 Å². The highest BCUT2D eigenvalue weighted by Gasteiger charge is 2.12. The number of benzene rings is 1. The Hall–Kier alpha value is -0.850. The van der Waals surface area contributed by atoms with E-state index in [0.717, 1.165) is 22.8 Å². The van der Waals surface area contributed by atoms with Crippen molar-refractivity contribution in [3.05, 3.63) is 23.8 Å². The molecule has 0 fully saturated rings. The van der Waals surface area contributed by atoms with Crippen LogP contribution in [-0.4, -0.2) is 42.0 Å². The van der Waals surface area contributed by atoms with Crippen LogP contribution in [0, 0.1) is 0 Å². The van der Waals surface area contributed by atoms with E-state index in [1.807, 2.05) is 12.3 Å². The molecule has 24 heavy (non-hydrogen) atoms. The molecular weight excluding hydrogens is 364 g/mol. The molecule has 2 N–H and O–H groups in total. The summed E-state index contributed by atoms with van der Waals surface area (Å²) in [5.74, 6) is 2.19. The van der Waals surface area contributed by atoms with Crippen LogP contribution in [0.1, 0.15) is 36.5 Å². The van der Waals surface area contributed by atoms with E-state index < -0.39 is 0 Å². The number of halogens is 1. The SMILES string of the molecule is CCSc1ccc(C(=O)NCCCSC)cc1NC(=O)CCCCl. The molecule has 0 unspecified atom stereocenters. The molecule has 0 saturated carbocycles. The maximum absolute atomic E-state index is 12.2. The van der Waals surface area contributed by atoms with Crippen molar-refractivity contribution >= 4 is 52.6 Å². The molecule has 0 bridgehead atoms. The Bertz CT molecular complexity index is 541. The zero-order chi connectivity index (χ0) is 17.8. The summed E-state index contributed by atoms with van der Waals surface area (Å²) in [4.78, 5) is 25.2. The van der Waals surface area contributed by atoms with E-state index in [2.05, 4.69) is 17.6 Å². The van der Waals surface area contributed by atoms with Crippen molar-refractivity contribution in [3.63, 3.8) is 0 Å². The maximum atomic E-state index is 12.2. The molecule has 134 valence electrons. The van der Waals surface area contributed by atoms with E-state index in [1.165, 1.54) is 0 Å². The normalized spacial score (nSPS) is 10.5. The molecule has 0 atom stereocenters. The fraction of sp³-hybridized carbons (Fsp3) is 0.529. The number of thioether (sulfide) groups is 2. The number of amides is 2. The van der Waals surface area contributed by atoms with Gasteiger partial charge in [-0.15, -0.1) is 23.4 Å². The molecule has 1 rings (SSSR count). The van der Waals surface area contributed by atoms with Gasteiger partial charge in [-0.05, 0) is 48.8 Å². The Balaban J connectivity index is 2.78. The maximum Gasteiger partial charge on any atom is 0.251 e. The molecule has 0 radical (unpaired) electrons. The minimum Gasteiger partial charge on any atom is -0.352 e. The van der Waals surface area contributed by atoms with Gasteiger partial charge in [0, 0.05) is 29.3 Å². The number of nitrogens with one attached hydrogen (secondary N) is 2. The molecular formula is C17H25ClN2O2S2. The summed E-state index contributed by atoms with van der Waals surface area (Å²) in [6.07, 6.45) is 4.01. The van der Waals surface area contributed by atoms with Gasteiger partial charge in [0.15, 0.2) is 0 Å². The van der Waals surface area contributed by atoms with Crippen LogP contribution in [0.25, 0.3) is 0 Å². The summed E-state index contributed by atoms with van der Waals surface area (Å²) >= 11 is 9.03. The van der Waals surface area contributed by atoms with Gasteiger partial charge in [-0.2, -0.15) is 11.8 Å². The third-order valence-electron chi connectivity index (χ3n) is 3.16. The van der Waals surface area contributed by atoms with E-state index in [0.29, 0.717) is 36.5 Å². The molecule has 0 aliphatic heterocycles. The van der Waals surface area contributed by atoms with Crippen LogP contribution >= 0.6 is 35.1 Å². The quantitative estimate of drug-likeness (QED) is 0.338. The average Bonchev–Trinajstić information content (AvgIpc) is 2.58. The highest BCUT2D eigenvalue weighted by atomic mass is 35.5. The van der Waals surface area contributed by atoms with Gasteiger partial charge < -0.3 is 10.6 Å². The monoisotopic (exact) mass is 388 g/mol. The summed E-state index contributed by atoms with van der Waals surface area (Å²) < 4.78 is 0. The third-order valence-corrected chi connectivity index (χ3v) is 5.08. The zero-order valence-electron chi connectivity index (χ0n) is 14.2. The van der Waals surface area contributed by atoms with Gasteiger partial charge in [0.1, 0.15) is 0 Å². The van der Waals surface area contributed by atoms with Crippen molar-refractivity contribution in [1.29, 1.82) is 0 Å². The van der Waals surface area contributed by atoms with Gasteiger partial charge >= 0.3 is 0 Å². The van der Waals surface area contributed by atoms with Crippen molar-refractivity contribution in [2.45, 2.75) is 31.1 Å². The largest absolute Gasteiger partial charge is 0.352 e. The second-order valence-corrected chi connectivity index (χ2v) is 7.76. The number of anilines is 1. The van der Waals surface area contributed by atoms with Gasteiger partial charge in [0.25, 0.3) is 5.91 Å². The van der Waals surface area contributed by atoms with Crippen LogP contribution in [0.5, 0.6) is 0 Å². The smallest absolute Gasteiger partial charge is 0.251 e. The van der Waals surface area contributed by atoms with Crippen LogP contribution in [-0.2, 0) is 4.79 Å². The van der Waals surface area contributed by atoms with Crippen molar-refractivity contribution < 1.29 is 9.59 Å². The van der Waals surface area contributed by atoms with E-state index in [-0.39, 0.29) is 11.8 Å². The van der Waals surface area contributed by atoms with Gasteiger partial charge in [-0.1, -0.05) is 6.92 Å². The fourth-order valence-electron chi connectivity index (χ4n) is 2.01. The number of hydrogen-bond acceptors (Lipinski definition) is 4. The Labute approximate surface area is 157 Å². The lowest BCUT2D eigenvalue weighted by atomic mass is 10.1. The molecule has 1 aromatic rings. The van der Waals surface area contributed by atoms with E-state index in [9.17, 15) is 9.59 Å². The van der Waals surface area contributed by atoms with Gasteiger partial charge in [0.2, 0.25) is 5.91 Å². The highest BCUT2D eigenvalue weighted by Crippen LogP contribution is 2.28. The lowest BCUT2D eigenvalue weighted by molar-refractivity contribution is -0.116. The molecule has 2 amide bonds. The fourth-order valence-corrected chi connectivity index (χ4v) is 3.32. The van der Waals surface area contributed by atoms with Crippen LogP contribution in [0.4, 0.5) is 5.69 Å². The van der Waals surface area contributed by atoms with E-state index in [4.69, 9.17) is 11.6 Å². The van der Waals surface area contributed by atoms with Crippen LogP contribution in [0.2, 0.25) is 0 Å². The Morgan fingerprint density at radius 2 is 2.04 bits per heavy atom. The lowest BCUT2D eigenvalue weighted by Gasteiger charge is -2.12. The second-order valence-electron chi connectivity index (χ2n) is 5.09. The minimum absolute atomic E-state index is 0.0777. The summed E-state index contributed by atoms with van der Waals surface area (Å²) in [5.41, 5.74) is 1.26. The molecule has 0 aromatic heterocycles. The van der Waals surface area contributed by atoms with Crippen molar-refractivity contribution in [2.24, 2.45) is 0 Å². The Kier molecular flexibility index (Phi) is 11.0. The standard InChI is InChI=1S/C17H25ClN2O2S2/c1-3-24-15-8-7-13(17(22)19-10-5-11-23-2)12-14(15)20-16(21)6-4-9-18/h7-8,12H,3-6,9-11H2,1-2H3,(H,19,22)(H,20,21). The first-order valence-electron chi connectivity index (χ1n) is 8.02. The molecule has 0 saturated heterocycles. The predicted molar refractivity (Wildman–Crippen MR) is 107 cm³/mol. The van der Waals surface area contributed by atoms with Crippen molar-refractivity contribution in [1.82, 2.24) is 5.32 Å². The number of rotatable bonds is 11. The predicted octanol–water partition coefficient (Wildman–Crippen LogP) is 4.24. The molecule has 0 spiro atoms. The highest BCUT2D eigenvalue weighted by molar-refractivity contribution is 7.99. The molecule has 0 aliphatic carbocycles. The van der Waals surface area contributed by atoms with Gasteiger partial charge in [0.05, 0.1) is 5.69 Å². The average molecular weight is 389 g/mol. The number of alkyl halides is 1. The minimum atomic E-state index is -0.111. The number of carbonyl (C=O) groups is 2. The van der Waals surface area contributed by atoms with Crippen molar-refractivity contribution in [2.75, 3.05) is 35.5 Å².